The van der Waals surface area contributed by atoms with Gasteiger partial charge in [0.05, 0.1) is 19.8 Å². The SMILES string of the molecule is CC(C)CCCOCCOCCN1CCC(NS)CC1. The van der Waals surface area contributed by atoms with Gasteiger partial charge in [0.15, 0.2) is 0 Å². The van der Waals surface area contributed by atoms with E-state index < -0.39 is 0 Å². The number of rotatable bonds is 11. The van der Waals surface area contributed by atoms with Crippen molar-refractivity contribution in [3.63, 3.8) is 0 Å². The molecule has 0 aliphatic carbocycles. The van der Waals surface area contributed by atoms with Gasteiger partial charge in [0.25, 0.3) is 0 Å². The lowest BCUT2D eigenvalue weighted by Crippen LogP contribution is -2.41. The maximum atomic E-state index is 5.62. The summed E-state index contributed by atoms with van der Waals surface area (Å²) in [6.07, 6.45) is 4.77. The molecular weight excluding hydrogens is 272 g/mol. The monoisotopic (exact) mass is 304 g/mol. The van der Waals surface area contributed by atoms with Crippen LogP contribution in [0.15, 0.2) is 0 Å². The number of likely N-dealkylation sites (tertiary alicyclic amines) is 1. The summed E-state index contributed by atoms with van der Waals surface area (Å²) in [6, 6.07) is 0.578. The molecule has 120 valence electrons. The summed E-state index contributed by atoms with van der Waals surface area (Å²) < 4.78 is 14.2. The van der Waals surface area contributed by atoms with E-state index in [0.29, 0.717) is 6.04 Å². The van der Waals surface area contributed by atoms with E-state index in [2.05, 4.69) is 36.3 Å². The van der Waals surface area contributed by atoms with Crippen molar-refractivity contribution >= 4 is 12.8 Å². The van der Waals surface area contributed by atoms with E-state index in [0.717, 1.165) is 58.4 Å². The third-order valence-electron chi connectivity index (χ3n) is 3.76. The number of piperidine rings is 1. The van der Waals surface area contributed by atoms with Gasteiger partial charge in [-0.25, -0.2) is 0 Å². The van der Waals surface area contributed by atoms with E-state index in [-0.39, 0.29) is 0 Å². The maximum Gasteiger partial charge on any atom is 0.0701 e. The molecule has 4 nitrogen and oxygen atoms in total. The van der Waals surface area contributed by atoms with Gasteiger partial charge >= 0.3 is 0 Å². The zero-order chi connectivity index (χ0) is 14.6. The topological polar surface area (TPSA) is 33.7 Å². The first-order valence-corrected chi connectivity index (χ1v) is 8.44. The van der Waals surface area contributed by atoms with Gasteiger partial charge in [0.1, 0.15) is 0 Å². The quantitative estimate of drug-likeness (QED) is 0.453. The molecule has 1 aliphatic heterocycles. The van der Waals surface area contributed by atoms with E-state index >= 15 is 0 Å². The lowest BCUT2D eigenvalue weighted by Gasteiger charge is -2.31. The predicted octanol–water partition coefficient (Wildman–Crippen LogP) is 2.35. The highest BCUT2D eigenvalue weighted by molar-refractivity contribution is 7.78. The highest BCUT2D eigenvalue weighted by atomic mass is 32.1. The zero-order valence-electron chi connectivity index (χ0n) is 13.1. The van der Waals surface area contributed by atoms with Crippen molar-refractivity contribution < 1.29 is 9.47 Å². The van der Waals surface area contributed by atoms with E-state index in [1.165, 1.54) is 19.3 Å². The van der Waals surface area contributed by atoms with Crippen molar-refractivity contribution in [3.8, 4) is 0 Å². The largest absolute Gasteiger partial charge is 0.379 e. The molecule has 20 heavy (non-hydrogen) atoms. The number of hydrogen-bond donors (Lipinski definition) is 2. The smallest absolute Gasteiger partial charge is 0.0701 e. The molecule has 0 spiro atoms. The van der Waals surface area contributed by atoms with Gasteiger partial charge in [-0.15, -0.1) is 0 Å². The van der Waals surface area contributed by atoms with Gasteiger partial charge in [0.2, 0.25) is 0 Å². The van der Waals surface area contributed by atoms with E-state index in [9.17, 15) is 0 Å². The predicted molar refractivity (Wildman–Crippen MR) is 87.3 cm³/mol. The third kappa shape index (κ3) is 9.19. The van der Waals surface area contributed by atoms with Gasteiger partial charge in [-0.3, -0.25) is 4.72 Å². The normalized spacial score (nSPS) is 18.0. The second-order valence-electron chi connectivity index (χ2n) is 6.01. The van der Waals surface area contributed by atoms with Gasteiger partial charge in [-0.05, 0) is 44.7 Å². The second kappa shape index (κ2) is 11.8. The number of ether oxygens (including phenoxy) is 2. The van der Waals surface area contributed by atoms with E-state index in [1.807, 2.05) is 0 Å². The Morgan fingerprint density at radius 2 is 1.75 bits per heavy atom. The third-order valence-corrected chi connectivity index (χ3v) is 4.13. The van der Waals surface area contributed by atoms with Crippen LogP contribution in [0.2, 0.25) is 0 Å². The van der Waals surface area contributed by atoms with E-state index in [1.54, 1.807) is 0 Å². The fourth-order valence-electron chi connectivity index (χ4n) is 2.39. The Hall–Kier alpha value is 0.190. The number of nitrogens with one attached hydrogen (secondary N) is 1. The van der Waals surface area contributed by atoms with Crippen molar-refractivity contribution in [2.45, 2.75) is 45.6 Å². The highest BCUT2D eigenvalue weighted by Crippen LogP contribution is 2.10. The molecule has 0 aromatic carbocycles. The molecule has 0 radical (unpaired) electrons. The van der Waals surface area contributed by atoms with Crippen LogP contribution >= 0.6 is 12.8 Å². The minimum Gasteiger partial charge on any atom is -0.379 e. The standard InChI is InChI=1S/C15H32N2O2S/c1-14(2)4-3-10-18-12-13-19-11-9-17-7-5-15(16-20)6-8-17/h14-16,20H,3-13H2,1-2H3. The van der Waals surface area contributed by atoms with E-state index in [4.69, 9.17) is 9.47 Å². The van der Waals surface area contributed by atoms with Gasteiger partial charge in [-0.1, -0.05) is 26.7 Å². The first-order chi connectivity index (χ1) is 9.72. The maximum absolute atomic E-state index is 5.62. The summed E-state index contributed by atoms with van der Waals surface area (Å²) in [6.45, 7) is 10.9. The Morgan fingerprint density at radius 1 is 1.10 bits per heavy atom. The molecule has 0 unspecified atom stereocenters. The van der Waals surface area contributed by atoms with Crippen molar-refractivity contribution in [2.75, 3.05) is 46.1 Å². The highest BCUT2D eigenvalue weighted by Gasteiger charge is 2.17. The summed E-state index contributed by atoms with van der Waals surface area (Å²) in [7, 11) is 0. The summed E-state index contributed by atoms with van der Waals surface area (Å²) in [5.41, 5.74) is 0. The summed E-state index contributed by atoms with van der Waals surface area (Å²) >= 11 is 4.13. The van der Waals surface area contributed by atoms with Crippen LogP contribution in [-0.2, 0) is 9.47 Å². The lowest BCUT2D eigenvalue weighted by molar-refractivity contribution is 0.0343. The molecule has 1 heterocycles. The molecule has 0 saturated carbocycles. The summed E-state index contributed by atoms with van der Waals surface area (Å²) in [5.74, 6) is 0.775. The fraction of sp³-hybridized carbons (Fsp3) is 1.00. The Balaban J connectivity index is 1.81. The average Bonchev–Trinajstić information content (AvgIpc) is 2.46. The Morgan fingerprint density at radius 3 is 2.35 bits per heavy atom. The van der Waals surface area contributed by atoms with Crippen LogP contribution in [0.25, 0.3) is 0 Å². The molecular formula is C15H32N2O2S. The average molecular weight is 304 g/mol. The van der Waals surface area contributed by atoms with Gasteiger partial charge < -0.3 is 14.4 Å². The van der Waals surface area contributed by atoms with Gasteiger partial charge in [-0.2, -0.15) is 0 Å². The van der Waals surface area contributed by atoms with Crippen molar-refractivity contribution in [1.82, 2.24) is 9.62 Å². The molecule has 1 N–H and O–H groups in total. The molecule has 5 heteroatoms. The Bertz CT molecular complexity index is 222. The van der Waals surface area contributed by atoms with Crippen LogP contribution in [0.3, 0.4) is 0 Å². The number of nitrogens with zero attached hydrogens (tertiary/aromatic N) is 1. The minimum atomic E-state index is 0.578. The zero-order valence-corrected chi connectivity index (χ0v) is 14.0. The van der Waals surface area contributed by atoms with Crippen LogP contribution in [-0.4, -0.2) is 57.0 Å². The van der Waals surface area contributed by atoms with Crippen molar-refractivity contribution in [1.29, 1.82) is 0 Å². The van der Waals surface area contributed by atoms with Crippen LogP contribution in [0, 0.1) is 5.92 Å². The molecule has 0 amide bonds. The number of hydrogen-bond acceptors (Lipinski definition) is 5. The first kappa shape index (κ1) is 18.2. The molecule has 1 fully saturated rings. The number of thiol groups is 1. The lowest BCUT2D eigenvalue weighted by atomic mass is 10.1. The molecule has 0 aromatic rings. The molecule has 0 aromatic heterocycles. The Labute approximate surface area is 130 Å². The molecule has 1 aliphatic rings. The molecule has 1 saturated heterocycles. The fourth-order valence-corrected chi connectivity index (χ4v) is 2.65. The Kier molecular flexibility index (Phi) is 10.8. The second-order valence-corrected chi connectivity index (χ2v) is 6.26. The van der Waals surface area contributed by atoms with Crippen molar-refractivity contribution in [3.05, 3.63) is 0 Å². The summed E-state index contributed by atoms with van der Waals surface area (Å²) in [5, 5.41) is 0. The molecule has 0 bridgehead atoms. The molecule has 0 atom stereocenters. The van der Waals surface area contributed by atoms with Gasteiger partial charge in [0, 0.05) is 19.2 Å². The van der Waals surface area contributed by atoms with Crippen LogP contribution < -0.4 is 4.72 Å². The molecule has 1 rings (SSSR count). The van der Waals surface area contributed by atoms with Crippen LogP contribution in [0.1, 0.15) is 39.5 Å². The summed E-state index contributed by atoms with van der Waals surface area (Å²) in [4.78, 5) is 2.46. The first-order valence-electron chi connectivity index (χ1n) is 8.00. The van der Waals surface area contributed by atoms with Crippen LogP contribution in [0.5, 0.6) is 0 Å². The minimum absolute atomic E-state index is 0.578. The van der Waals surface area contributed by atoms with Crippen molar-refractivity contribution in [2.24, 2.45) is 5.92 Å². The van der Waals surface area contributed by atoms with Crippen LogP contribution in [0.4, 0.5) is 0 Å².